The van der Waals surface area contributed by atoms with Crippen molar-refractivity contribution < 1.29 is 8.42 Å². The fourth-order valence-corrected chi connectivity index (χ4v) is 4.18. The van der Waals surface area contributed by atoms with Crippen molar-refractivity contribution in [2.75, 3.05) is 27.2 Å². The maximum absolute atomic E-state index is 12.2. The molecule has 7 nitrogen and oxygen atoms in total. The third kappa shape index (κ3) is 3.50. The van der Waals surface area contributed by atoms with Gasteiger partial charge in [-0.1, -0.05) is 6.07 Å². The standard InChI is InChI=1S/C16H23N5O2S/c1-12-8-16(19-18-12)15-5-4-13(10-17-15)9-14-6-7-21(11-14)24(22,23)20(2)3/h4-5,8,10,14H,6-7,9,11H2,1-3H3,(H,18,19)/t14-/m0/s1. The molecule has 0 unspecified atom stereocenters. The lowest BCUT2D eigenvalue weighted by atomic mass is 10.00. The van der Waals surface area contributed by atoms with Crippen molar-refractivity contribution in [1.82, 2.24) is 23.8 Å². The number of hydrogen-bond donors (Lipinski definition) is 1. The Balaban J connectivity index is 1.63. The molecule has 1 aliphatic rings. The third-order valence-corrected chi connectivity index (χ3v) is 6.26. The molecule has 3 rings (SSSR count). The Labute approximate surface area is 142 Å². The van der Waals surface area contributed by atoms with E-state index in [4.69, 9.17) is 0 Å². The second-order valence-electron chi connectivity index (χ2n) is 6.49. The molecule has 2 aromatic rings. The summed E-state index contributed by atoms with van der Waals surface area (Å²) in [7, 11) is -0.160. The molecule has 0 saturated carbocycles. The lowest BCUT2D eigenvalue weighted by Crippen LogP contribution is -2.38. The first-order valence-corrected chi connectivity index (χ1v) is 9.41. The van der Waals surface area contributed by atoms with Crippen LogP contribution in [0, 0.1) is 12.8 Å². The Hall–Kier alpha value is -1.77. The van der Waals surface area contributed by atoms with Crippen molar-refractivity contribution >= 4 is 10.2 Å². The van der Waals surface area contributed by atoms with Gasteiger partial charge in [-0.15, -0.1) is 0 Å². The van der Waals surface area contributed by atoms with E-state index in [9.17, 15) is 8.42 Å². The van der Waals surface area contributed by atoms with Gasteiger partial charge in [-0.3, -0.25) is 10.1 Å². The first-order valence-electron chi connectivity index (χ1n) is 8.01. The predicted molar refractivity (Wildman–Crippen MR) is 92.5 cm³/mol. The number of aromatic nitrogens is 3. The van der Waals surface area contributed by atoms with Gasteiger partial charge in [0.25, 0.3) is 10.2 Å². The van der Waals surface area contributed by atoms with Gasteiger partial charge in [-0.05, 0) is 43.4 Å². The lowest BCUT2D eigenvalue weighted by Gasteiger charge is -2.20. The van der Waals surface area contributed by atoms with Gasteiger partial charge in [0.05, 0.1) is 5.69 Å². The van der Waals surface area contributed by atoms with Crippen LogP contribution in [0.25, 0.3) is 11.4 Å². The summed E-state index contributed by atoms with van der Waals surface area (Å²) in [6.07, 6.45) is 3.59. The summed E-state index contributed by atoms with van der Waals surface area (Å²) < 4.78 is 27.2. The van der Waals surface area contributed by atoms with Crippen LogP contribution in [-0.4, -0.2) is 59.4 Å². The molecular formula is C16H23N5O2S. The van der Waals surface area contributed by atoms with Crippen LogP contribution in [0.3, 0.4) is 0 Å². The van der Waals surface area contributed by atoms with Crippen LogP contribution >= 0.6 is 0 Å². The highest BCUT2D eigenvalue weighted by Gasteiger charge is 2.32. The molecule has 3 heterocycles. The predicted octanol–water partition coefficient (Wildman–Crippen LogP) is 1.45. The number of H-pyrrole nitrogens is 1. The number of pyridine rings is 1. The maximum atomic E-state index is 12.2. The Morgan fingerprint density at radius 3 is 2.71 bits per heavy atom. The molecule has 0 aliphatic carbocycles. The number of rotatable bonds is 5. The number of aryl methyl sites for hydroxylation is 1. The van der Waals surface area contributed by atoms with Crippen molar-refractivity contribution in [3.63, 3.8) is 0 Å². The zero-order valence-electron chi connectivity index (χ0n) is 14.2. The molecule has 0 bridgehead atoms. The monoisotopic (exact) mass is 349 g/mol. The van der Waals surface area contributed by atoms with Crippen LogP contribution in [0.15, 0.2) is 24.4 Å². The van der Waals surface area contributed by atoms with Crippen LogP contribution in [0.2, 0.25) is 0 Å². The van der Waals surface area contributed by atoms with E-state index in [0.717, 1.165) is 35.5 Å². The Morgan fingerprint density at radius 2 is 2.12 bits per heavy atom. The van der Waals surface area contributed by atoms with E-state index in [0.29, 0.717) is 19.0 Å². The van der Waals surface area contributed by atoms with Crippen LogP contribution in [0.5, 0.6) is 0 Å². The molecule has 8 heteroatoms. The minimum absolute atomic E-state index is 0.333. The molecule has 1 N–H and O–H groups in total. The summed E-state index contributed by atoms with van der Waals surface area (Å²) in [5, 5.41) is 7.12. The topological polar surface area (TPSA) is 82.2 Å². The van der Waals surface area contributed by atoms with E-state index in [2.05, 4.69) is 21.2 Å². The van der Waals surface area contributed by atoms with Crippen LogP contribution in [0.1, 0.15) is 17.7 Å². The van der Waals surface area contributed by atoms with Gasteiger partial charge >= 0.3 is 0 Å². The van der Waals surface area contributed by atoms with Gasteiger partial charge < -0.3 is 0 Å². The van der Waals surface area contributed by atoms with Crippen LogP contribution < -0.4 is 0 Å². The second-order valence-corrected chi connectivity index (χ2v) is 8.64. The smallest absolute Gasteiger partial charge is 0.281 e. The Morgan fingerprint density at radius 1 is 1.33 bits per heavy atom. The fourth-order valence-electron chi connectivity index (χ4n) is 2.98. The van der Waals surface area contributed by atoms with E-state index in [-0.39, 0.29) is 0 Å². The molecule has 1 fully saturated rings. The van der Waals surface area contributed by atoms with E-state index in [1.807, 2.05) is 25.3 Å². The highest BCUT2D eigenvalue weighted by atomic mass is 32.2. The molecule has 0 spiro atoms. The molecular weight excluding hydrogens is 326 g/mol. The van der Waals surface area contributed by atoms with Crippen LogP contribution in [-0.2, 0) is 16.6 Å². The number of aromatic amines is 1. The molecule has 2 aromatic heterocycles. The van der Waals surface area contributed by atoms with Gasteiger partial charge in [-0.2, -0.15) is 22.1 Å². The lowest BCUT2D eigenvalue weighted by molar-refractivity contribution is 0.409. The summed E-state index contributed by atoms with van der Waals surface area (Å²) in [6.45, 7) is 3.11. The molecule has 1 saturated heterocycles. The molecule has 1 atom stereocenters. The average Bonchev–Trinajstić information content (AvgIpc) is 3.17. The molecule has 0 aromatic carbocycles. The zero-order chi connectivity index (χ0) is 17.3. The SMILES string of the molecule is Cc1cc(-c2ccc(C[C@@H]3CCN(S(=O)(=O)N(C)C)C3)cn2)n[nH]1. The first-order chi connectivity index (χ1) is 11.4. The summed E-state index contributed by atoms with van der Waals surface area (Å²) >= 11 is 0. The normalized spacial score (nSPS) is 19.2. The second kappa shape index (κ2) is 6.62. The number of nitrogens with one attached hydrogen (secondary N) is 1. The van der Waals surface area contributed by atoms with Gasteiger partial charge in [-0.25, -0.2) is 0 Å². The number of hydrogen-bond acceptors (Lipinski definition) is 4. The number of nitrogens with zero attached hydrogens (tertiary/aromatic N) is 4. The van der Waals surface area contributed by atoms with E-state index < -0.39 is 10.2 Å². The first kappa shape index (κ1) is 17.1. The molecule has 0 amide bonds. The summed E-state index contributed by atoms with van der Waals surface area (Å²) in [5.41, 5.74) is 3.80. The highest BCUT2D eigenvalue weighted by Crippen LogP contribution is 2.24. The van der Waals surface area contributed by atoms with Crippen molar-refractivity contribution in [2.24, 2.45) is 5.92 Å². The van der Waals surface area contributed by atoms with Gasteiger partial charge in [0.1, 0.15) is 5.69 Å². The molecule has 130 valence electrons. The van der Waals surface area contributed by atoms with Gasteiger partial charge in [0.2, 0.25) is 0 Å². The van der Waals surface area contributed by atoms with Crippen molar-refractivity contribution in [3.05, 3.63) is 35.7 Å². The Kier molecular flexibility index (Phi) is 4.71. The largest absolute Gasteiger partial charge is 0.282 e. The van der Waals surface area contributed by atoms with Gasteiger partial charge in [0.15, 0.2) is 0 Å². The van der Waals surface area contributed by atoms with Crippen molar-refractivity contribution in [2.45, 2.75) is 19.8 Å². The average molecular weight is 349 g/mol. The maximum Gasteiger partial charge on any atom is 0.281 e. The summed E-state index contributed by atoms with van der Waals surface area (Å²) in [5.74, 6) is 0.333. The summed E-state index contributed by atoms with van der Waals surface area (Å²) in [6, 6.07) is 5.98. The fraction of sp³-hybridized carbons (Fsp3) is 0.500. The van der Waals surface area contributed by atoms with E-state index >= 15 is 0 Å². The van der Waals surface area contributed by atoms with Crippen molar-refractivity contribution in [1.29, 1.82) is 0 Å². The molecule has 24 heavy (non-hydrogen) atoms. The van der Waals surface area contributed by atoms with Crippen LogP contribution in [0.4, 0.5) is 0 Å². The molecule has 1 aliphatic heterocycles. The third-order valence-electron chi connectivity index (χ3n) is 4.35. The molecule has 0 radical (unpaired) electrons. The Bertz CT molecular complexity index is 798. The highest BCUT2D eigenvalue weighted by molar-refractivity contribution is 7.86. The van der Waals surface area contributed by atoms with Gasteiger partial charge in [0, 0.05) is 39.1 Å². The van der Waals surface area contributed by atoms with Crippen molar-refractivity contribution in [3.8, 4) is 11.4 Å². The minimum Gasteiger partial charge on any atom is -0.282 e. The quantitative estimate of drug-likeness (QED) is 0.886. The zero-order valence-corrected chi connectivity index (χ0v) is 15.0. The van der Waals surface area contributed by atoms with E-state index in [1.165, 1.54) is 4.31 Å². The summed E-state index contributed by atoms with van der Waals surface area (Å²) in [4.78, 5) is 4.48. The minimum atomic E-state index is -3.30. The van der Waals surface area contributed by atoms with E-state index in [1.54, 1.807) is 18.4 Å².